The van der Waals surface area contributed by atoms with E-state index in [0.29, 0.717) is 11.3 Å². The molecule has 94 valence electrons. The molecule has 1 aromatic carbocycles. The summed E-state index contributed by atoms with van der Waals surface area (Å²) in [6.45, 7) is 1.61. The van der Waals surface area contributed by atoms with Gasteiger partial charge in [-0.15, -0.1) is 0 Å². The van der Waals surface area contributed by atoms with Gasteiger partial charge in [-0.25, -0.2) is 0 Å². The maximum absolute atomic E-state index is 11.7. The second-order valence-corrected chi connectivity index (χ2v) is 4.35. The Morgan fingerprint density at radius 3 is 2.67 bits per heavy atom. The summed E-state index contributed by atoms with van der Waals surface area (Å²) >= 11 is 0. The second-order valence-electron chi connectivity index (χ2n) is 4.35. The van der Waals surface area contributed by atoms with E-state index in [4.69, 9.17) is 5.11 Å². The molecule has 0 bridgehead atoms. The minimum absolute atomic E-state index is 0.0135. The number of ketones is 1. The van der Waals surface area contributed by atoms with Crippen molar-refractivity contribution in [1.29, 1.82) is 0 Å². The lowest BCUT2D eigenvalue weighted by atomic mass is 10.1. The van der Waals surface area contributed by atoms with Crippen LogP contribution in [0.25, 0.3) is 0 Å². The van der Waals surface area contributed by atoms with Crippen LogP contribution in [0, 0.1) is 5.92 Å². The van der Waals surface area contributed by atoms with Crippen molar-refractivity contribution in [3.63, 3.8) is 0 Å². The smallest absolute Gasteiger partial charge is 0.308 e. The van der Waals surface area contributed by atoms with E-state index in [1.165, 1.54) is 11.8 Å². The molecule has 1 N–H and O–H groups in total. The Morgan fingerprint density at radius 2 is 2.11 bits per heavy atom. The topological polar surface area (TPSA) is 74.7 Å². The molecule has 5 nitrogen and oxygen atoms in total. The van der Waals surface area contributed by atoms with Gasteiger partial charge in [0.15, 0.2) is 5.78 Å². The van der Waals surface area contributed by atoms with Gasteiger partial charge < -0.3 is 10.0 Å². The van der Waals surface area contributed by atoms with Crippen LogP contribution in [0.4, 0.5) is 5.69 Å². The lowest BCUT2D eigenvalue weighted by molar-refractivity contribution is -0.141. The van der Waals surface area contributed by atoms with Gasteiger partial charge in [0.1, 0.15) is 0 Å². The Bertz CT molecular complexity index is 523. The fourth-order valence-electron chi connectivity index (χ4n) is 2.02. The molecule has 1 atom stereocenters. The largest absolute Gasteiger partial charge is 0.481 e. The predicted octanol–water partition coefficient (Wildman–Crippen LogP) is 1.33. The van der Waals surface area contributed by atoms with Crippen molar-refractivity contribution in [3.8, 4) is 0 Å². The van der Waals surface area contributed by atoms with Crippen LogP contribution in [0.15, 0.2) is 24.3 Å². The molecule has 1 aromatic rings. The number of hydrogen-bond donors (Lipinski definition) is 1. The summed E-state index contributed by atoms with van der Waals surface area (Å²) in [6, 6.07) is 6.67. The van der Waals surface area contributed by atoms with E-state index in [1.807, 2.05) is 0 Å². The number of aliphatic carboxylic acids is 1. The van der Waals surface area contributed by atoms with Crippen LogP contribution in [-0.4, -0.2) is 29.3 Å². The molecule has 0 unspecified atom stereocenters. The van der Waals surface area contributed by atoms with Gasteiger partial charge in [0, 0.05) is 24.2 Å². The maximum atomic E-state index is 11.7. The summed E-state index contributed by atoms with van der Waals surface area (Å²) in [4.78, 5) is 35.3. The van der Waals surface area contributed by atoms with Crippen LogP contribution < -0.4 is 4.90 Å². The number of carbonyl (C=O) groups is 3. The number of benzene rings is 1. The van der Waals surface area contributed by atoms with Gasteiger partial charge >= 0.3 is 5.97 Å². The summed E-state index contributed by atoms with van der Waals surface area (Å²) in [5.41, 5.74) is 1.09. The van der Waals surface area contributed by atoms with E-state index in [-0.39, 0.29) is 24.7 Å². The normalized spacial score (nSPS) is 19.1. The highest BCUT2D eigenvalue weighted by Crippen LogP contribution is 2.26. The third-order valence-electron chi connectivity index (χ3n) is 3.04. The monoisotopic (exact) mass is 247 g/mol. The molecule has 18 heavy (non-hydrogen) atoms. The van der Waals surface area contributed by atoms with E-state index in [0.717, 1.165) is 0 Å². The van der Waals surface area contributed by atoms with Crippen molar-refractivity contribution in [2.45, 2.75) is 13.3 Å². The SMILES string of the molecule is CC(=O)c1cccc(N2C[C@@H](C(=O)O)CC2=O)c1. The molecule has 5 heteroatoms. The fourth-order valence-corrected chi connectivity index (χ4v) is 2.02. The summed E-state index contributed by atoms with van der Waals surface area (Å²) < 4.78 is 0. The summed E-state index contributed by atoms with van der Waals surface area (Å²) in [7, 11) is 0. The highest BCUT2D eigenvalue weighted by Gasteiger charge is 2.35. The first-order valence-corrected chi connectivity index (χ1v) is 5.63. The molecule has 1 aliphatic rings. The minimum atomic E-state index is -0.964. The zero-order valence-corrected chi connectivity index (χ0v) is 9.92. The third kappa shape index (κ3) is 2.25. The van der Waals surface area contributed by atoms with Crippen molar-refractivity contribution in [2.24, 2.45) is 5.92 Å². The molecule has 1 aliphatic heterocycles. The number of amides is 1. The Balaban J connectivity index is 2.27. The standard InChI is InChI=1S/C13H13NO4/c1-8(15)9-3-2-4-11(5-9)14-7-10(13(17)18)6-12(14)16/h2-5,10H,6-7H2,1H3,(H,17,18)/t10-/m0/s1. The Labute approximate surface area is 104 Å². The molecule has 0 aliphatic carbocycles. The Morgan fingerprint density at radius 1 is 1.39 bits per heavy atom. The van der Waals surface area contributed by atoms with Crippen LogP contribution >= 0.6 is 0 Å². The van der Waals surface area contributed by atoms with Crippen molar-refractivity contribution in [2.75, 3.05) is 11.4 Å². The minimum Gasteiger partial charge on any atom is -0.481 e. The first kappa shape index (κ1) is 12.3. The lowest BCUT2D eigenvalue weighted by Crippen LogP contribution is -2.25. The summed E-state index contributed by atoms with van der Waals surface area (Å²) in [5, 5.41) is 8.91. The Hall–Kier alpha value is -2.17. The van der Waals surface area contributed by atoms with Gasteiger partial charge in [-0.05, 0) is 19.1 Å². The average Bonchev–Trinajstić information content (AvgIpc) is 2.72. The van der Waals surface area contributed by atoms with E-state index in [1.54, 1.807) is 24.3 Å². The number of Topliss-reactive ketones (excluding diaryl/α,β-unsaturated/α-hetero) is 1. The van der Waals surface area contributed by atoms with Gasteiger partial charge in [0.25, 0.3) is 0 Å². The lowest BCUT2D eigenvalue weighted by Gasteiger charge is -2.16. The molecular weight excluding hydrogens is 234 g/mol. The summed E-state index contributed by atoms with van der Waals surface area (Å²) in [6.07, 6.45) is 0.0135. The van der Waals surface area contributed by atoms with Crippen molar-refractivity contribution >= 4 is 23.3 Å². The number of rotatable bonds is 3. The molecular formula is C13H13NO4. The molecule has 1 fully saturated rings. The third-order valence-corrected chi connectivity index (χ3v) is 3.04. The highest BCUT2D eigenvalue weighted by molar-refractivity contribution is 6.01. The van der Waals surface area contributed by atoms with E-state index in [2.05, 4.69) is 0 Å². The molecule has 1 amide bonds. The quantitative estimate of drug-likeness (QED) is 0.817. The molecule has 1 saturated heterocycles. The van der Waals surface area contributed by atoms with Crippen LogP contribution in [0.3, 0.4) is 0 Å². The zero-order valence-electron chi connectivity index (χ0n) is 9.92. The summed E-state index contributed by atoms with van der Waals surface area (Å²) in [5.74, 6) is -1.94. The fraction of sp³-hybridized carbons (Fsp3) is 0.308. The highest BCUT2D eigenvalue weighted by atomic mass is 16.4. The van der Waals surface area contributed by atoms with Gasteiger partial charge in [-0.3, -0.25) is 14.4 Å². The first-order chi connectivity index (χ1) is 8.49. The first-order valence-electron chi connectivity index (χ1n) is 5.63. The predicted molar refractivity (Wildman–Crippen MR) is 64.5 cm³/mol. The van der Waals surface area contributed by atoms with E-state index in [9.17, 15) is 14.4 Å². The number of anilines is 1. The number of hydrogen-bond acceptors (Lipinski definition) is 3. The number of carbonyl (C=O) groups excluding carboxylic acids is 2. The van der Waals surface area contributed by atoms with Crippen LogP contribution in [0.5, 0.6) is 0 Å². The van der Waals surface area contributed by atoms with Gasteiger partial charge in [-0.2, -0.15) is 0 Å². The maximum Gasteiger partial charge on any atom is 0.308 e. The van der Waals surface area contributed by atoms with Crippen LogP contribution in [0.1, 0.15) is 23.7 Å². The van der Waals surface area contributed by atoms with Gasteiger partial charge in [-0.1, -0.05) is 12.1 Å². The van der Waals surface area contributed by atoms with E-state index >= 15 is 0 Å². The molecule has 0 spiro atoms. The number of carboxylic acid groups (broad SMARTS) is 1. The molecule has 0 radical (unpaired) electrons. The molecule has 0 saturated carbocycles. The van der Waals surface area contributed by atoms with Crippen LogP contribution in [-0.2, 0) is 9.59 Å². The average molecular weight is 247 g/mol. The van der Waals surface area contributed by atoms with Crippen molar-refractivity contribution in [3.05, 3.63) is 29.8 Å². The molecule has 1 heterocycles. The zero-order chi connectivity index (χ0) is 13.3. The number of carboxylic acids is 1. The second kappa shape index (κ2) is 4.60. The van der Waals surface area contributed by atoms with Gasteiger partial charge in [0.05, 0.1) is 5.92 Å². The van der Waals surface area contributed by atoms with Gasteiger partial charge in [0.2, 0.25) is 5.91 Å². The number of nitrogens with zero attached hydrogens (tertiary/aromatic N) is 1. The van der Waals surface area contributed by atoms with Crippen LogP contribution in [0.2, 0.25) is 0 Å². The van der Waals surface area contributed by atoms with Crippen molar-refractivity contribution in [1.82, 2.24) is 0 Å². The molecule has 0 aromatic heterocycles. The van der Waals surface area contributed by atoms with Crippen molar-refractivity contribution < 1.29 is 19.5 Å². The van der Waals surface area contributed by atoms with E-state index < -0.39 is 11.9 Å². The Kier molecular flexibility index (Phi) is 3.14. The molecule has 2 rings (SSSR count).